The Morgan fingerprint density at radius 3 is 2.08 bits per heavy atom. The molecule has 3 aliphatic heterocycles. The molecule has 1 aromatic rings. The number of aliphatic carboxylic acids is 2. The van der Waals surface area contributed by atoms with Gasteiger partial charge in [0.15, 0.2) is 0 Å². The molecule has 4 heterocycles. The number of nitrogens with zero attached hydrogens (tertiary/aromatic N) is 3. The van der Waals surface area contributed by atoms with Gasteiger partial charge in [-0.2, -0.15) is 26.3 Å². The Morgan fingerprint density at radius 1 is 0.947 bits per heavy atom. The maximum atomic E-state index is 10.6. The Bertz CT molecular complexity index is 859. The zero-order chi connectivity index (χ0) is 28.4. The number of carbonyl (C=O) groups is 2. The van der Waals surface area contributed by atoms with E-state index in [4.69, 9.17) is 29.3 Å². The van der Waals surface area contributed by atoms with Gasteiger partial charge in [0.2, 0.25) is 0 Å². The van der Waals surface area contributed by atoms with Crippen LogP contribution in [0.5, 0.6) is 0 Å². The van der Waals surface area contributed by atoms with E-state index >= 15 is 0 Å². The summed E-state index contributed by atoms with van der Waals surface area (Å²) in [6.45, 7) is 9.23. The molecular weight excluding hydrogens is 528 g/mol. The predicted molar refractivity (Wildman–Crippen MR) is 122 cm³/mol. The van der Waals surface area contributed by atoms with Crippen LogP contribution in [0, 0.1) is 11.3 Å². The van der Waals surface area contributed by atoms with Crippen LogP contribution in [0.15, 0.2) is 24.4 Å². The molecule has 0 bridgehead atoms. The van der Waals surface area contributed by atoms with Crippen molar-refractivity contribution in [2.75, 3.05) is 64.1 Å². The van der Waals surface area contributed by atoms with Gasteiger partial charge in [-0.15, -0.1) is 0 Å². The summed E-state index contributed by atoms with van der Waals surface area (Å²) in [4.78, 5) is 27.4. The first-order valence-electron chi connectivity index (χ1n) is 11.9. The van der Waals surface area contributed by atoms with Gasteiger partial charge in [0.25, 0.3) is 0 Å². The van der Waals surface area contributed by atoms with E-state index in [1.54, 1.807) is 0 Å². The third-order valence-electron chi connectivity index (χ3n) is 6.27. The molecule has 3 fully saturated rings. The molecule has 0 aromatic carbocycles. The second kappa shape index (κ2) is 13.9. The first-order chi connectivity index (χ1) is 17.7. The molecule has 4 rings (SSSR count). The van der Waals surface area contributed by atoms with Gasteiger partial charge in [-0.05, 0) is 37.3 Å². The monoisotopic (exact) mass is 559 g/mol. The van der Waals surface area contributed by atoms with Crippen LogP contribution in [0.1, 0.15) is 19.3 Å². The highest BCUT2D eigenvalue weighted by Crippen LogP contribution is 2.35. The zero-order valence-electron chi connectivity index (χ0n) is 20.5. The van der Waals surface area contributed by atoms with E-state index in [0.29, 0.717) is 0 Å². The Balaban J connectivity index is 0.000000301. The van der Waals surface area contributed by atoms with Crippen LogP contribution >= 0.6 is 0 Å². The number of aromatic nitrogens is 1. The van der Waals surface area contributed by atoms with Crippen molar-refractivity contribution in [1.29, 1.82) is 0 Å². The Morgan fingerprint density at radius 2 is 1.55 bits per heavy atom. The van der Waals surface area contributed by atoms with Crippen molar-refractivity contribution in [2.45, 2.75) is 31.6 Å². The van der Waals surface area contributed by atoms with Crippen LogP contribution in [0.25, 0.3) is 0 Å². The minimum absolute atomic E-state index is 0.263. The van der Waals surface area contributed by atoms with Crippen molar-refractivity contribution in [1.82, 2.24) is 9.88 Å². The Hall–Kier alpha value is -2.65. The standard InChI is InChI=1S/C19H29N3O2.2C2HF3O2/c1-2-7-20-18(3-1)22-8-6-19(15-22)14-21(9-12-24-16-19)13-17-4-10-23-11-5-17;2*3-2(4,5)1(6)7/h1-3,7,17H,4-6,8-16H2;2*(H,6,7). The molecule has 1 unspecified atom stereocenters. The number of carboxylic acids is 2. The Kier molecular flexibility index (Phi) is 11.6. The lowest BCUT2D eigenvalue weighted by molar-refractivity contribution is -0.193. The topological polar surface area (TPSA) is 112 Å². The van der Waals surface area contributed by atoms with E-state index in [-0.39, 0.29) is 5.41 Å². The van der Waals surface area contributed by atoms with Crippen molar-refractivity contribution >= 4 is 17.8 Å². The molecule has 0 saturated carbocycles. The number of hydrogen-bond acceptors (Lipinski definition) is 7. The van der Waals surface area contributed by atoms with Crippen molar-refractivity contribution < 1.29 is 55.6 Å². The van der Waals surface area contributed by atoms with Crippen LogP contribution in [0.4, 0.5) is 32.2 Å². The number of alkyl halides is 6. The fourth-order valence-electron chi connectivity index (χ4n) is 4.45. The lowest BCUT2D eigenvalue weighted by Gasteiger charge is -2.34. The third-order valence-corrected chi connectivity index (χ3v) is 6.27. The molecule has 0 amide bonds. The number of pyridine rings is 1. The van der Waals surface area contributed by atoms with Crippen LogP contribution < -0.4 is 4.90 Å². The SMILES string of the molecule is O=C(O)C(F)(F)F.O=C(O)C(F)(F)F.c1ccc(N2CCC3(COCCN(CC4CCOCC4)C3)C2)nc1. The van der Waals surface area contributed by atoms with E-state index < -0.39 is 24.3 Å². The molecule has 15 heteroatoms. The number of carboxylic acid groups (broad SMARTS) is 2. The van der Waals surface area contributed by atoms with Crippen molar-refractivity contribution in [3.05, 3.63) is 24.4 Å². The van der Waals surface area contributed by atoms with Gasteiger partial charge in [0.05, 0.1) is 13.2 Å². The fourth-order valence-corrected chi connectivity index (χ4v) is 4.45. The molecule has 0 radical (unpaired) electrons. The molecule has 216 valence electrons. The number of hydrogen-bond donors (Lipinski definition) is 2. The molecule has 1 spiro atoms. The highest BCUT2D eigenvalue weighted by atomic mass is 19.4. The summed E-state index contributed by atoms with van der Waals surface area (Å²) in [6, 6.07) is 6.18. The summed E-state index contributed by atoms with van der Waals surface area (Å²) in [6.07, 6.45) is -4.65. The van der Waals surface area contributed by atoms with Gasteiger partial charge >= 0.3 is 24.3 Å². The van der Waals surface area contributed by atoms with Gasteiger partial charge in [-0.1, -0.05) is 6.07 Å². The number of halogens is 6. The maximum absolute atomic E-state index is 10.6. The van der Waals surface area contributed by atoms with E-state index in [1.807, 2.05) is 12.3 Å². The summed E-state index contributed by atoms with van der Waals surface area (Å²) in [5.41, 5.74) is 0.263. The van der Waals surface area contributed by atoms with Gasteiger partial charge < -0.3 is 29.5 Å². The molecule has 3 saturated heterocycles. The summed E-state index contributed by atoms with van der Waals surface area (Å²) in [5.74, 6) is -3.61. The number of anilines is 1. The van der Waals surface area contributed by atoms with Crippen molar-refractivity contribution in [2.24, 2.45) is 11.3 Å². The molecule has 1 atom stereocenters. The largest absolute Gasteiger partial charge is 0.490 e. The summed E-state index contributed by atoms with van der Waals surface area (Å²) < 4.78 is 75.0. The van der Waals surface area contributed by atoms with E-state index in [9.17, 15) is 26.3 Å². The highest BCUT2D eigenvalue weighted by Gasteiger charge is 2.42. The van der Waals surface area contributed by atoms with Gasteiger partial charge in [0, 0.05) is 57.5 Å². The van der Waals surface area contributed by atoms with Gasteiger partial charge in [-0.3, -0.25) is 0 Å². The summed E-state index contributed by atoms with van der Waals surface area (Å²) in [5, 5.41) is 14.2. The molecule has 9 nitrogen and oxygen atoms in total. The fraction of sp³-hybridized carbons (Fsp3) is 0.696. The minimum Gasteiger partial charge on any atom is -0.475 e. The average molecular weight is 560 g/mol. The smallest absolute Gasteiger partial charge is 0.475 e. The zero-order valence-corrected chi connectivity index (χ0v) is 20.5. The quantitative estimate of drug-likeness (QED) is 0.539. The molecule has 1 aromatic heterocycles. The highest BCUT2D eigenvalue weighted by molar-refractivity contribution is 5.73. The first kappa shape index (κ1) is 31.6. The van der Waals surface area contributed by atoms with Crippen LogP contribution in [0.2, 0.25) is 0 Å². The molecule has 0 aliphatic carbocycles. The third kappa shape index (κ3) is 10.6. The first-order valence-corrected chi connectivity index (χ1v) is 11.9. The van der Waals surface area contributed by atoms with Crippen molar-refractivity contribution in [3.63, 3.8) is 0 Å². The van der Waals surface area contributed by atoms with E-state index in [0.717, 1.165) is 64.3 Å². The van der Waals surface area contributed by atoms with Crippen molar-refractivity contribution in [3.8, 4) is 0 Å². The number of ether oxygens (including phenoxy) is 2. The predicted octanol–water partition coefficient (Wildman–Crippen LogP) is 3.30. The lowest BCUT2D eigenvalue weighted by atomic mass is 9.87. The van der Waals surface area contributed by atoms with Crippen LogP contribution in [-0.4, -0.2) is 104 Å². The lowest BCUT2D eigenvalue weighted by Crippen LogP contribution is -2.43. The van der Waals surface area contributed by atoms with E-state index in [1.165, 1.54) is 25.8 Å². The number of rotatable bonds is 3. The second-order valence-corrected chi connectivity index (χ2v) is 9.31. The molecule has 38 heavy (non-hydrogen) atoms. The van der Waals surface area contributed by atoms with Gasteiger partial charge in [-0.25, -0.2) is 14.6 Å². The minimum atomic E-state index is -5.08. The maximum Gasteiger partial charge on any atom is 0.490 e. The normalized spacial score (nSPS) is 23.1. The van der Waals surface area contributed by atoms with Gasteiger partial charge in [0.1, 0.15) is 5.82 Å². The second-order valence-electron chi connectivity index (χ2n) is 9.31. The molecular formula is C23H31F6N3O6. The Labute approximate surface area is 215 Å². The van der Waals surface area contributed by atoms with Crippen LogP contribution in [0.3, 0.4) is 0 Å². The summed E-state index contributed by atoms with van der Waals surface area (Å²) in [7, 11) is 0. The summed E-state index contributed by atoms with van der Waals surface area (Å²) >= 11 is 0. The average Bonchev–Trinajstić information content (AvgIpc) is 3.16. The molecule has 2 N–H and O–H groups in total. The van der Waals surface area contributed by atoms with Crippen LogP contribution in [-0.2, 0) is 19.1 Å². The van der Waals surface area contributed by atoms with E-state index in [2.05, 4.69) is 26.9 Å². The molecule has 3 aliphatic rings.